The van der Waals surface area contributed by atoms with Crippen LogP contribution in [0, 0.1) is 0 Å². The van der Waals surface area contributed by atoms with Gasteiger partial charge in [0.25, 0.3) is 0 Å². The van der Waals surface area contributed by atoms with Crippen molar-refractivity contribution in [1.82, 2.24) is 10.0 Å². The minimum absolute atomic E-state index is 0.0335. The molecule has 0 rings (SSSR count). The van der Waals surface area contributed by atoms with E-state index in [1.54, 1.807) is 0 Å². The van der Waals surface area contributed by atoms with Crippen LogP contribution in [0.3, 0.4) is 0 Å². The Bertz CT molecular complexity index is 227. The molecule has 0 aliphatic carbocycles. The van der Waals surface area contributed by atoms with E-state index in [0.29, 0.717) is 6.54 Å². The van der Waals surface area contributed by atoms with E-state index < -0.39 is 10.0 Å². The molecular formula is C9H22N2O2S. The normalized spacial score (nSPS) is 14.2. The highest BCUT2D eigenvalue weighted by Crippen LogP contribution is 1.92. The van der Waals surface area contributed by atoms with Crippen molar-refractivity contribution in [1.29, 1.82) is 0 Å². The fraction of sp³-hybridized carbons (Fsp3) is 1.00. The third-order valence-corrected chi connectivity index (χ3v) is 3.47. The highest BCUT2D eigenvalue weighted by Gasteiger charge is 2.11. The molecule has 0 aromatic heterocycles. The quantitative estimate of drug-likeness (QED) is 0.595. The Morgan fingerprint density at radius 2 is 1.86 bits per heavy atom. The van der Waals surface area contributed by atoms with E-state index in [-0.39, 0.29) is 11.8 Å². The van der Waals surface area contributed by atoms with Crippen LogP contribution in [0.4, 0.5) is 0 Å². The van der Waals surface area contributed by atoms with E-state index in [2.05, 4.69) is 17.0 Å². The van der Waals surface area contributed by atoms with Gasteiger partial charge in [-0.3, -0.25) is 0 Å². The van der Waals surface area contributed by atoms with E-state index in [9.17, 15) is 8.42 Å². The summed E-state index contributed by atoms with van der Waals surface area (Å²) < 4.78 is 25.4. The van der Waals surface area contributed by atoms with Gasteiger partial charge in [0.05, 0.1) is 5.75 Å². The molecule has 0 radical (unpaired) electrons. The number of nitrogens with one attached hydrogen (secondary N) is 2. The highest BCUT2D eigenvalue weighted by atomic mass is 32.2. The van der Waals surface area contributed by atoms with Crippen LogP contribution in [0.25, 0.3) is 0 Å². The van der Waals surface area contributed by atoms with Crippen molar-refractivity contribution >= 4 is 10.0 Å². The molecule has 2 N–H and O–H groups in total. The van der Waals surface area contributed by atoms with Gasteiger partial charge < -0.3 is 5.32 Å². The third kappa shape index (κ3) is 7.29. The predicted octanol–water partition coefficient (Wildman–Crippen LogP) is 0.704. The van der Waals surface area contributed by atoms with Crippen molar-refractivity contribution in [3.63, 3.8) is 0 Å². The molecule has 1 unspecified atom stereocenters. The van der Waals surface area contributed by atoms with Crippen molar-refractivity contribution in [2.24, 2.45) is 0 Å². The Hall–Kier alpha value is -0.130. The van der Waals surface area contributed by atoms with E-state index >= 15 is 0 Å². The summed E-state index contributed by atoms with van der Waals surface area (Å²) in [6, 6.07) is 0.0335. The molecular weight excluding hydrogens is 200 g/mol. The van der Waals surface area contributed by atoms with Crippen molar-refractivity contribution in [2.75, 3.05) is 18.8 Å². The van der Waals surface area contributed by atoms with E-state index in [1.807, 2.05) is 13.8 Å². The molecule has 0 fully saturated rings. The topological polar surface area (TPSA) is 58.2 Å². The van der Waals surface area contributed by atoms with Gasteiger partial charge in [0.15, 0.2) is 0 Å². The van der Waals surface area contributed by atoms with Crippen molar-refractivity contribution < 1.29 is 8.42 Å². The smallest absolute Gasteiger partial charge is 0.213 e. The zero-order chi connectivity index (χ0) is 11.0. The predicted molar refractivity (Wildman–Crippen MR) is 59.8 cm³/mol. The average Bonchev–Trinajstić information content (AvgIpc) is 2.12. The first-order chi connectivity index (χ1) is 6.52. The van der Waals surface area contributed by atoms with Gasteiger partial charge in [-0.05, 0) is 26.3 Å². The van der Waals surface area contributed by atoms with Crippen LogP contribution in [-0.4, -0.2) is 33.3 Å². The lowest BCUT2D eigenvalue weighted by molar-refractivity contribution is 0.552. The zero-order valence-corrected chi connectivity index (χ0v) is 10.2. The molecule has 0 saturated heterocycles. The molecule has 14 heavy (non-hydrogen) atoms. The Labute approximate surface area is 87.5 Å². The fourth-order valence-corrected chi connectivity index (χ4v) is 2.27. The summed E-state index contributed by atoms with van der Waals surface area (Å²) in [5.74, 6) is 0.164. The van der Waals surface area contributed by atoms with Crippen LogP contribution >= 0.6 is 0 Å². The van der Waals surface area contributed by atoms with Gasteiger partial charge >= 0.3 is 0 Å². The first kappa shape index (κ1) is 13.9. The molecule has 0 aromatic carbocycles. The maximum Gasteiger partial charge on any atom is 0.213 e. The molecule has 5 heteroatoms. The summed E-state index contributed by atoms with van der Waals surface area (Å²) in [5.41, 5.74) is 0. The molecule has 0 aliphatic heterocycles. The number of hydrogen-bond donors (Lipinski definition) is 2. The second-order valence-electron chi connectivity index (χ2n) is 3.50. The van der Waals surface area contributed by atoms with Gasteiger partial charge in [0, 0.05) is 12.6 Å². The first-order valence-corrected chi connectivity index (χ1v) is 6.87. The summed E-state index contributed by atoms with van der Waals surface area (Å²) in [6.45, 7) is 7.29. The van der Waals surface area contributed by atoms with E-state index in [1.165, 1.54) is 0 Å². The Balaban J connectivity index is 3.73. The summed E-state index contributed by atoms with van der Waals surface area (Å²) in [5, 5.41) is 3.06. The summed E-state index contributed by atoms with van der Waals surface area (Å²) in [6.07, 6.45) is 1.85. The standard InChI is InChI=1S/C9H22N2O2S/c1-4-6-10-7-8-14(12,13)11-9(3)5-2/h9-11H,4-8H2,1-3H3. The van der Waals surface area contributed by atoms with Crippen LogP contribution in [0.2, 0.25) is 0 Å². The van der Waals surface area contributed by atoms with Crippen LogP contribution in [-0.2, 0) is 10.0 Å². The molecule has 0 aliphatic rings. The average molecular weight is 222 g/mol. The van der Waals surface area contributed by atoms with Gasteiger partial charge in [-0.2, -0.15) is 0 Å². The van der Waals surface area contributed by atoms with E-state index in [0.717, 1.165) is 19.4 Å². The second kappa shape index (κ2) is 7.20. The maximum atomic E-state index is 11.4. The Morgan fingerprint density at radius 3 is 2.36 bits per heavy atom. The van der Waals surface area contributed by atoms with Crippen molar-refractivity contribution in [3.05, 3.63) is 0 Å². The monoisotopic (exact) mass is 222 g/mol. The summed E-state index contributed by atoms with van der Waals surface area (Å²) in [7, 11) is -3.09. The van der Waals surface area contributed by atoms with Gasteiger partial charge in [-0.1, -0.05) is 13.8 Å². The van der Waals surface area contributed by atoms with Gasteiger partial charge in [0.1, 0.15) is 0 Å². The lowest BCUT2D eigenvalue weighted by Gasteiger charge is -2.11. The van der Waals surface area contributed by atoms with Gasteiger partial charge in [-0.15, -0.1) is 0 Å². The maximum absolute atomic E-state index is 11.4. The molecule has 86 valence electrons. The minimum Gasteiger partial charge on any atom is -0.316 e. The molecule has 0 spiro atoms. The summed E-state index contributed by atoms with van der Waals surface area (Å²) >= 11 is 0. The summed E-state index contributed by atoms with van der Waals surface area (Å²) in [4.78, 5) is 0. The van der Waals surface area contributed by atoms with Crippen LogP contribution < -0.4 is 10.0 Å². The van der Waals surface area contributed by atoms with Crippen LogP contribution in [0.5, 0.6) is 0 Å². The SMILES string of the molecule is CCCNCCS(=O)(=O)NC(C)CC. The van der Waals surface area contributed by atoms with Crippen LogP contribution in [0.1, 0.15) is 33.6 Å². The molecule has 0 amide bonds. The Morgan fingerprint density at radius 1 is 1.21 bits per heavy atom. The molecule has 1 atom stereocenters. The lowest BCUT2D eigenvalue weighted by atomic mass is 10.3. The Kier molecular flexibility index (Phi) is 7.13. The zero-order valence-electron chi connectivity index (χ0n) is 9.34. The number of hydrogen-bond acceptors (Lipinski definition) is 3. The molecule has 0 saturated carbocycles. The highest BCUT2D eigenvalue weighted by molar-refractivity contribution is 7.89. The number of rotatable bonds is 8. The second-order valence-corrected chi connectivity index (χ2v) is 5.37. The largest absolute Gasteiger partial charge is 0.316 e. The lowest BCUT2D eigenvalue weighted by Crippen LogP contribution is -2.37. The van der Waals surface area contributed by atoms with Crippen LogP contribution in [0.15, 0.2) is 0 Å². The molecule has 4 nitrogen and oxygen atoms in total. The fourth-order valence-electron chi connectivity index (χ4n) is 0.957. The number of sulfonamides is 1. The first-order valence-electron chi connectivity index (χ1n) is 5.22. The molecule has 0 bridgehead atoms. The minimum atomic E-state index is -3.09. The van der Waals surface area contributed by atoms with Gasteiger partial charge in [0.2, 0.25) is 10.0 Å². The molecule has 0 aromatic rings. The van der Waals surface area contributed by atoms with E-state index in [4.69, 9.17) is 0 Å². The van der Waals surface area contributed by atoms with Crippen molar-refractivity contribution in [3.8, 4) is 0 Å². The van der Waals surface area contributed by atoms with Gasteiger partial charge in [-0.25, -0.2) is 13.1 Å². The third-order valence-electron chi connectivity index (χ3n) is 1.97. The molecule has 0 heterocycles. The van der Waals surface area contributed by atoms with Crippen molar-refractivity contribution in [2.45, 2.75) is 39.7 Å².